The van der Waals surface area contributed by atoms with Crippen molar-refractivity contribution < 1.29 is 9.47 Å². The van der Waals surface area contributed by atoms with E-state index in [2.05, 4.69) is 42.3 Å². The van der Waals surface area contributed by atoms with Crippen molar-refractivity contribution in [3.8, 4) is 5.75 Å². The standard InChI is InChI=1S/C20H26N2O2/c1-15(2)20-10-4-7-17(22-20)13-21-16-6-3-8-18(12-16)24-14-19-9-5-11-23-19/h3-4,6-8,10,12,15,19,21H,5,9,11,13-14H2,1-2H3. The van der Waals surface area contributed by atoms with Gasteiger partial charge in [0.1, 0.15) is 12.4 Å². The predicted octanol–water partition coefficient (Wildman–Crippen LogP) is 4.37. The van der Waals surface area contributed by atoms with E-state index in [0.717, 1.165) is 42.3 Å². The second kappa shape index (κ2) is 8.15. The van der Waals surface area contributed by atoms with E-state index < -0.39 is 0 Å². The highest BCUT2D eigenvalue weighted by Gasteiger charge is 2.15. The Bertz CT molecular complexity index is 652. The zero-order valence-corrected chi connectivity index (χ0v) is 14.5. The van der Waals surface area contributed by atoms with Crippen molar-refractivity contribution in [2.75, 3.05) is 18.5 Å². The lowest BCUT2D eigenvalue weighted by atomic mass is 10.1. The second-order valence-corrected chi connectivity index (χ2v) is 6.54. The van der Waals surface area contributed by atoms with Crippen molar-refractivity contribution in [3.05, 3.63) is 53.9 Å². The summed E-state index contributed by atoms with van der Waals surface area (Å²) >= 11 is 0. The average Bonchev–Trinajstić information content (AvgIpc) is 3.12. The molecule has 2 heterocycles. The molecule has 4 nitrogen and oxygen atoms in total. The molecular formula is C20H26N2O2. The maximum absolute atomic E-state index is 5.85. The molecule has 1 unspecified atom stereocenters. The van der Waals surface area contributed by atoms with Crippen LogP contribution in [0.5, 0.6) is 5.75 Å². The fourth-order valence-corrected chi connectivity index (χ4v) is 2.77. The number of benzene rings is 1. The lowest BCUT2D eigenvalue weighted by Crippen LogP contribution is -2.16. The molecule has 0 spiro atoms. The van der Waals surface area contributed by atoms with Gasteiger partial charge < -0.3 is 14.8 Å². The number of anilines is 1. The number of hydrogen-bond acceptors (Lipinski definition) is 4. The summed E-state index contributed by atoms with van der Waals surface area (Å²) in [4.78, 5) is 4.69. The zero-order valence-electron chi connectivity index (χ0n) is 14.5. The fourth-order valence-electron chi connectivity index (χ4n) is 2.77. The minimum atomic E-state index is 0.240. The molecule has 128 valence electrons. The van der Waals surface area contributed by atoms with Gasteiger partial charge in [-0.1, -0.05) is 26.0 Å². The van der Waals surface area contributed by atoms with E-state index in [1.165, 1.54) is 0 Å². The average molecular weight is 326 g/mol. The lowest BCUT2D eigenvalue weighted by Gasteiger charge is -2.13. The van der Waals surface area contributed by atoms with Gasteiger partial charge in [0.2, 0.25) is 0 Å². The third-order valence-corrected chi connectivity index (χ3v) is 4.19. The molecule has 4 heteroatoms. The zero-order chi connectivity index (χ0) is 16.8. The van der Waals surface area contributed by atoms with Crippen LogP contribution in [0.2, 0.25) is 0 Å². The highest BCUT2D eigenvalue weighted by atomic mass is 16.5. The summed E-state index contributed by atoms with van der Waals surface area (Å²) in [6, 6.07) is 14.3. The summed E-state index contributed by atoms with van der Waals surface area (Å²) < 4.78 is 11.4. The van der Waals surface area contributed by atoms with Crippen molar-refractivity contribution >= 4 is 5.69 Å². The summed E-state index contributed by atoms with van der Waals surface area (Å²) in [6.07, 6.45) is 2.47. The normalized spacial score (nSPS) is 17.2. The molecule has 1 N–H and O–H groups in total. The van der Waals surface area contributed by atoms with Crippen molar-refractivity contribution in [2.45, 2.75) is 45.3 Å². The minimum Gasteiger partial charge on any atom is -0.491 e. The summed E-state index contributed by atoms with van der Waals surface area (Å²) in [5.74, 6) is 1.32. The van der Waals surface area contributed by atoms with Gasteiger partial charge in [0.25, 0.3) is 0 Å². The van der Waals surface area contributed by atoms with Gasteiger partial charge in [-0.15, -0.1) is 0 Å². The summed E-state index contributed by atoms with van der Waals surface area (Å²) in [5, 5.41) is 3.42. The molecule has 0 aliphatic carbocycles. The minimum absolute atomic E-state index is 0.240. The van der Waals surface area contributed by atoms with Crippen LogP contribution in [0.25, 0.3) is 0 Å². The van der Waals surface area contributed by atoms with Crippen LogP contribution < -0.4 is 10.1 Å². The Labute approximate surface area is 144 Å². The fraction of sp³-hybridized carbons (Fsp3) is 0.450. The molecule has 1 atom stereocenters. The SMILES string of the molecule is CC(C)c1cccc(CNc2cccc(OCC3CCCO3)c2)n1. The molecule has 1 fully saturated rings. The topological polar surface area (TPSA) is 43.4 Å². The Kier molecular flexibility index (Phi) is 5.70. The van der Waals surface area contributed by atoms with Crippen LogP contribution in [0.3, 0.4) is 0 Å². The Morgan fingerprint density at radius 1 is 1.25 bits per heavy atom. The van der Waals surface area contributed by atoms with Crippen molar-refractivity contribution in [1.29, 1.82) is 0 Å². The summed E-state index contributed by atoms with van der Waals surface area (Å²) in [7, 11) is 0. The largest absolute Gasteiger partial charge is 0.491 e. The van der Waals surface area contributed by atoms with Gasteiger partial charge in [-0.2, -0.15) is 0 Å². The number of hydrogen-bond donors (Lipinski definition) is 1. The molecule has 24 heavy (non-hydrogen) atoms. The number of nitrogens with one attached hydrogen (secondary N) is 1. The summed E-state index contributed by atoms with van der Waals surface area (Å²) in [5.41, 5.74) is 3.21. The third kappa shape index (κ3) is 4.71. The van der Waals surface area contributed by atoms with Gasteiger partial charge in [0, 0.05) is 24.1 Å². The molecule has 0 radical (unpaired) electrons. The van der Waals surface area contributed by atoms with Gasteiger partial charge in [0.05, 0.1) is 18.3 Å². The number of ether oxygens (including phenoxy) is 2. The smallest absolute Gasteiger partial charge is 0.121 e. The molecule has 1 saturated heterocycles. The highest BCUT2D eigenvalue weighted by Crippen LogP contribution is 2.20. The van der Waals surface area contributed by atoms with Crippen LogP contribution in [0.15, 0.2) is 42.5 Å². The van der Waals surface area contributed by atoms with Crippen LogP contribution in [0.1, 0.15) is 44.0 Å². The quantitative estimate of drug-likeness (QED) is 0.820. The maximum atomic E-state index is 5.85. The second-order valence-electron chi connectivity index (χ2n) is 6.54. The first-order valence-corrected chi connectivity index (χ1v) is 8.75. The number of aromatic nitrogens is 1. The predicted molar refractivity (Wildman–Crippen MR) is 96.6 cm³/mol. The maximum Gasteiger partial charge on any atom is 0.121 e. The van der Waals surface area contributed by atoms with Crippen LogP contribution >= 0.6 is 0 Å². The Balaban J connectivity index is 1.55. The van der Waals surface area contributed by atoms with Gasteiger partial charge in [-0.3, -0.25) is 4.98 Å². The van der Waals surface area contributed by atoms with E-state index in [1.807, 2.05) is 24.3 Å². The van der Waals surface area contributed by atoms with Gasteiger partial charge in [-0.25, -0.2) is 0 Å². The van der Waals surface area contributed by atoms with Crippen LogP contribution in [0.4, 0.5) is 5.69 Å². The van der Waals surface area contributed by atoms with Crippen LogP contribution in [-0.4, -0.2) is 24.3 Å². The first-order valence-electron chi connectivity index (χ1n) is 8.75. The van der Waals surface area contributed by atoms with E-state index >= 15 is 0 Å². The Morgan fingerprint density at radius 3 is 2.92 bits per heavy atom. The highest BCUT2D eigenvalue weighted by molar-refractivity contribution is 5.48. The summed E-state index contributed by atoms with van der Waals surface area (Å²) in [6.45, 7) is 6.51. The van der Waals surface area contributed by atoms with Crippen molar-refractivity contribution in [1.82, 2.24) is 4.98 Å². The number of rotatable bonds is 7. The third-order valence-electron chi connectivity index (χ3n) is 4.19. The molecular weight excluding hydrogens is 300 g/mol. The van der Waals surface area contributed by atoms with E-state index in [9.17, 15) is 0 Å². The Morgan fingerprint density at radius 2 is 2.12 bits per heavy atom. The first-order chi connectivity index (χ1) is 11.7. The van der Waals surface area contributed by atoms with Crippen LogP contribution in [0, 0.1) is 0 Å². The van der Waals surface area contributed by atoms with Crippen molar-refractivity contribution in [3.63, 3.8) is 0 Å². The molecule has 2 aromatic rings. The van der Waals surface area contributed by atoms with Gasteiger partial charge in [-0.05, 0) is 43.0 Å². The molecule has 1 aliphatic heterocycles. The van der Waals surface area contributed by atoms with Gasteiger partial charge >= 0.3 is 0 Å². The van der Waals surface area contributed by atoms with E-state index in [0.29, 0.717) is 19.1 Å². The monoisotopic (exact) mass is 326 g/mol. The Hall–Kier alpha value is -2.07. The molecule has 0 saturated carbocycles. The van der Waals surface area contributed by atoms with Crippen molar-refractivity contribution in [2.24, 2.45) is 0 Å². The molecule has 0 bridgehead atoms. The number of nitrogens with zero attached hydrogens (tertiary/aromatic N) is 1. The molecule has 1 aromatic heterocycles. The number of pyridine rings is 1. The molecule has 0 amide bonds. The molecule has 1 aliphatic rings. The molecule has 3 rings (SSSR count). The van der Waals surface area contributed by atoms with E-state index in [4.69, 9.17) is 9.47 Å². The van der Waals surface area contributed by atoms with E-state index in [-0.39, 0.29) is 6.10 Å². The van der Waals surface area contributed by atoms with Crippen LogP contribution in [-0.2, 0) is 11.3 Å². The molecule has 1 aromatic carbocycles. The van der Waals surface area contributed by atoms with E-state index in [1.54, 1.807) is 0 Å². The van der Waals surface area contributed by atoms with Gasteiger partial charge in [0.15, 0.2) is 0 Å². The lowest BCUT2D eigenvalue weighted by molar-refractivity contribution is 0.0680. The first kappa shape index (κ1) is 16.8.